The molecule has 2 rings (SSSR count). The molecule has 0 aliphatic carbocycles. The fraction of sp³-hybridized carbons (Fsp3) is 0.278. The predicted molar refractivity (Wildman–Crippen MR) is 96.0 cm³/mol. The monoisotopic (exact) mass is 382 g/mol. The molecule has 0 radical (unpaired) electrons. The van der Waals surface area contributed by atoms with Gasteiger partial charge in [0.1, 0.15) is 17.7 Å². The second-order valence-electron chi connectivity index (χ2n) is 5.77. The van der Waals surface area contributed by atoms with Crippen LogP contribution in [0.25, 0.3) is 0 Å². The molecule has 2 aromatic rings. The van der Waals surface area contributed by atoms with Crippen molar-refractivity contribution in [2.45, 2.75) is 25.9 Å². The summed E-state index contributed by atoms with van der Waals surface area (Å²) in [5, 5.41) is 2.57. The molecule has 0 saturated heterocycles. The van der Waals surface area contributed by atoms with Gasteiger partial charge in [0.2, 0.25) is 15.9 Å². The summed E-state index contributed by atoms with van der Waals surface area (Å²) in [6, 6.07) is 9.78. The lowest BCUT2D eigenvalue weighted by molar-refractivity contribution is -0.122. The smallest absolute Gasteiger partial charge is 0.244 e. The lowest BCUT2D eigenvalue weighted by Crippen LogP contribution is -2.49. The maximum Gasteiger partial charge on any atom is 0.244 e. The lowest BCUT2D eigenvalue weighted by Gasteiger charge is -2.30. The van der Waals surface area contributed by atoms with Gasteiger partial charge in [0.15, 0.2) is 0 Å². The van der Waals surface area contributed by atoms with Crippen LogP contribution in [0.5, 0.6) is 0 Å². The van der Waals surface area contributed by atoms with Crippen molar-refractivity contribution in [1.82, 2.24) is 5.32 Å². The molecule has 1 unspecified atom stereocenters. The van der Waals surface area contributed by atoms with Crippen LogP contribution in [-0.2, 0) is 21.4 Å². The van der Waals surface area contributed by atoms with Crippen LogP contribution in [0.2, 0.25) is 0 Å². The summed E-state index contributed by atoms with van der Waals surface area (Å²) in [6.07, 6.45) is 1.16. The maximum absolute atomic E-state index is 13.7. The van der Waals surface area contributed by atoms with E-state index in [0.717, 1.165) is 22.7 Å². The Labute approximate surface area is 151 Å². The molecule has 0 spiro atoms. The van der Waals surface area contributed by atoms with Crippen molar-refractivity contribution in [2.24, 2.45) is 0 Å². The first-order chi connectivity index (χ1) is 12.2. The van der Waals surface area contributed by atoms with Gasteiger partial charge in [-0.25, -0.2) is 17.2 Å². The van der Waals surface area contributed by atoms with Gasteiger partial charge in [-0.3, -0.25) is 9.10 Å². The number of rotatable bonds is 7. The number of halogens is 2. The number of sulfonamides is 1. The number of carbonyl (C=O) groups is 1. The SMILES string of the molecule is CCC(C(=O)NCc1ccccc1F)N(c1ccc(F)cc1)S(C)(=O)=O. The average Bonchev–Trinajstić information content (AvgIpc) is 2.58. The van der Waals surface area contributed by atoms with Gasteiger partial charge in [0, 0.05) is 12.1 Å². The van der Waals surface area contributed by atoms with Crippen molar-refractivity contribution in [1.29, 1.82) is 0 Å². The van der Waals surface area contributed by atoms with E-state index >= 15 is 0 Å². The molecule has 0 aliphatic heterocycles. The first-order valence-corrected chi connectivity index (χ1v) is 9.85. The third kappa shape index (κ3) is 4.78. The van der Waals surface area contributed by atoms with Crippen molar-refractivity contribution >= 4 is 21.6 Å². The number of nitrogens with one attached hydrogen (secondary N) is 1. The quantitative estimate of drug-likeness (QED) is 0.801. The average molecular weight is 382 g/mol. The number of carbonyl (C=O) groups excluding carboxylic acids is 1. The van der Waals surface area contributed by atoms with E-state index in [1.807, 2.05) is 0 Å². The van der Waals surface area contributed by atoms with Crippen molar-refractivity contribution in [3.8, 4) is 0 Å². The van der Waals surface area contributed by atoms with Crippen molar-refractivity contribution in [2.75, 3.05) is 10.6 Å². The molecule has 0 aromatic heterocycles. The lowest BCUT2D eigenvalue weighted by atomic mass is 10.1. The second kappa shape index (κ2) is 8.27. The highest BCUT2D eigenvalue weighted by Gasteiger charge is 2.31. The Balaban J connectivity index is 2.25. The van der Waals surface area contributed by atoms with E-state index in [1.165, 1.54) is 30.3 Å². The Kier molecular flexibility index (Phi) is 6.31. The molecule has 0 aliphatic rings. The molecule has 1 amide bonds. The highest BCUT2D eigenvalue weighted by molar-refractivity contribution is 7.92. The van der Waals surface area contributed by atoms with Crippen LogP contribution in [-0.4, -0.2) is 26.6 Å². The molecule has 2 aromatic carbocycles. The van der Waals surface area contributed by atoms with Crippen molar-refractivity contribution in [3.63, 3.8) is 0 Å². The number of benzene rings is 2. The van der Waals surface area contributed by atoms with E-state index in [9.17, 15) is 22.0 Å². The summed E-state index contributed by atoms with van der Waals surface area (Å²) in [6.45, 7) is 1.60. The molecule has 0 bridgehead atoms. The number of hydrogen-bond acceptors (Lipinski definition) is 3. The minimum atomic E-state index is -3.80. The van der Waals surface area contributed by atoms with Gasteiger partial charge in [-0.05, 0) is 36.8 Å². The summed E-state index contributed by atoms with van der Waals surface area (Å²) in [7, 11) is -3.80. The van der Waals surface area contributed by atoms with Crippen LogP contribution >= 0.6 is 0 Å². The fourth-order valence-corrected chi connectivity index (χ4v) is 3.80. The summed E-state index contributed by atoms with van der Waals surface area (Å²) in [4.78, 5) is 12.6. The van der Waals surface area contributed by atoms with E-state index in [4.69, 9.17) is 0 Å². The normalized spacial score (nSPS) is 12.5. The van der Waals surface area contributed by atoms with Gasteiger partial charge >= 0.3 is 0 Å². The zero-order valence-electron chi connectivity index (χ0n) is 14.4. The van der Waals surface area contributed by atoms with Crippen LogP contribution in [0.3, 0.4) is 0 Å². The molecular formula is C18H20F2N2O3S. The van der Waals surface area contributed by atoms with Gasteiger partial charge in [0.05, 0.1) is 11.9 Å². The third-order valence-corrected chi connectivity index (χ3v) is 5.00. The van der Waals surface area contributed by atoms with Crippen LogP contribution in [0, 0.1) is 11.6 Å². The van der Waals surface area contributed by atoms with Gasteiger partial charge in [-0.1, -0.05) is 25.1 Å². The second-order valence-corrected chi connectivity index (χ2v) is 7.63. The van der Waals surface area contributed by atoms with E-state index in [-0.39, 0.29) is 18.7 Å². The summed E-state index contributed by atoms with van der Waals surface area (Å²) >= 11 is 0. The van der Waals surface area contributed by atoms with Crippen molar-refractivity contribution < 1.29 is 22.0 Å². The Morgan fingerprint density at radius 1 is 1.12 bits per heavy atom. The van der Waals surface area contributed by atoms with E-state index in [2.05, 4.69) is 5.32 Å². The Bertz CT molecular complexity index is 870. The van der Waals surface area contributed by atoms with Crippen LogP contribution < -0.4 is 9.62 Å². The standard InChI is InChI=1S/C18H20F2N2O3S/c1-3-17(18(23)21-12-13-6-4-5-7-16(13)20)22(26(2,24)25)15-10-8-14(19)9-11-15/h4-11,17H,3,12H2,1-2H3,(H,21,23). The van der Waals surface area contributed by atoms with Gasteiger partial charge in [-0.2, -0.15) is 0 Å². The van der Waals surface area contributed by atoms with Crippen molar-refractivity contribution in [3.05, 3.63) is 65.7 Å². The zero-order valence-corrected chi connectivity index (χ0v) is 15.3. The van der Waals surface area contributed by atoms with E-state index in [0.29, 0.717) is 5.56 Å². The molecule has 0 saturated carbocycles. The predicted octanol–water partition coefficient (Wildman–Crippen LogP) is 2.83. The topological polar surface area (TPSA) is 66.5 Å². The first-order valence-electron chi connectivity index (χ1n) is 8.00. The Morgan fingerprint density at radius 3 is 2.27 bits per heavy atom. The van der Waals surface area contributed by atoms with Gasteiger partial charge < -0.3 is 5.32 Å². The number of hydrogen-bond donors (Lipinski definition) is 1. The molecule has 0 heterocycles. The molecule has 5 nitrogen and oxygen atoms in total. The fourth-order valence-electron chi connectivity index (χ4n) is 2.59. The molecule has 140 valence electrons. The molecule has 8 heteroatoms. The summed E-state index contributed by atoms with van der Waals surface area (Å²) in [5.41, 5.74) is 0.477. The van der Waals surface area contributed by atoms with E-state index in [1.54, 1.807) is 13.0 Å². The van der Waals surface area contributed by atoms with Crippen LogP contribution in [0.1, 0.15) is 18.9 Å². The first kappa shape index (κ1) is 19.8. The molecular weight excluding hydrogens is 362 g/mol. The minimum Gasteiger partial charge on any atom is -0.350 e. The number of anilines is 1. The Hall–Kier alpha value is -2.48. The molecule has 26 heavy (non-hydrogen) atoms. The van der Waals surface area contributed by atoms with Gasteiger partial charge in [0.25, 0.3) is 0 Å². The maximum atomic E-state index is 13.7. The molecule has 0 fully saturated rings. The summed E-state index contributed by atoms with van der Waals surface area (Å²) in [5.74, 6) is -1.54. The van der Waals surface area contributed by atoms with Crippen LogP contribution in [0.15, 0.2) is 48.5 Å². The highest BCUT2D eigenvalue weighted by atomic mass is 32.2. The molecule has 1 atom stereocenters. The van der Waals surface area contributed by atoms with E-state index < -0.39 is 33.6 Å². The number of amides is 1. The summed E-state index contributed by atoms with van der Waals surface area (Å²) < 4.78 is 52.3. The van der Waals surface area contributed by atoms with Gasteiger partial charge in [-0.15, -0.1) is 0 Å². The zero-order chi connectivity index (χ0) is 19.3. The highest BCUT2D eigenvalue weighted by Crippen LogP contribution is 2.23. The van der Waals surface area contributed by atoms with Crippen LogP contribution in [0.4, 0.5) is 14.5 Å². The minimum absolute atomic E-state index is 0.0664. The molecule has 1 N–H and O–H groups in total. The largest absolute Gasteiger partial charge is 0.350 e. The number of nitrogens with zero attached hydrogens (tertiary/aromatic N) is 1. The third-order valence-electron chi connectivity index (χ3n) is 3.82. The Morgan fingerprint density at radius 2 is 1.73 bits per heavy atom.